The molecule has 2 aliphatic rings. The van der Waals surface area contributed by atoms with E-state index in [2.05, 4.69) is 15.9 Å². The lowest BCUT2D eigenvalue weighted by atomic mass is 9.89. The number of carbonyl (C=O) groups is 2. The number of carbonyl (C=O) groups excluding carboxylic acids is 2. The maximum Gasteiger partial charge on any atom is 0.254 e. The van der Waals surface area contributed by atoms with Gasteiger partial charge in [-0.25, -0.2) is 0 Å². The molecule has 2 atom stereocenters. The Balaban J connectivity index is 1.73. The van der Waals surface area contributed by atoms with E-state index in [1.54, 1.807) is 21.0 Å². The molecule has 8 heteroatoms. The number of hydrogen-bond acceptors (Lipinski definition) is 5. The van der Waals surface area contributed by atoms with Crippen molar-refractivity contribution in [2.75, 3.05) is 46.5 Å². The van der Waals surface area contributed by atoms with Crippen LogP contribution in [0.15, 0.2) is 28.7 Å². The summed E-state index contributed by atoms with van der Waals surface area (Å²) in [5.41, 5.74) is -0.892. The highest BCUT2D eigenvalue weighted by molar-refractivity contribution is 9.10. The van der Waals surface area contributed by atoms with Crippen molar-refractivity contribution >= 4 is 27.7 Å². The molecule has 0 saturated carbocycles. The number of rotatable bonds is 6. The van der Waals surface area contributed by atoms with Crippen molar-refractivity contribution in [3.8, 4) is 5.75 Å². The first-order chi connectivity index (χ1) is 14.3. The number of benzene rings is 1. The number of likely N-dealkylation sites (tertiary alicyclic amines) is 1. The molecule has 2 amide bonds. The molecule has 2 saturated heterocycles. The first-order valence-electron chi connectivity index (χ1n) is 10.4. The third-order valence-corrected chi connectivity index (χ3v) is 6.35. The summed E-state index contributed by atoms with van der Waals surface area (Å²) in [6.07, 6.45) is 0.869. The number of halogens is 1. The van der Waals surface area contributed by atoms with Crippen LogP contribution < -0.4 is 4.74 Å². The molecule has 0 bridgehead atoms. The molecule has 166 valence electrons. The van der Waals surface area contributed by atoms with E-state index in [0.717, 1.165) is 10.2 Å². The normalized spacial score (nSPS) is 22.7. The highest BCUT2D eigenvalue weighted by Gasteiger charge is 2.39. The summed E-state index contributed by atoms with van der Waals surface area (Å²) in [6, 6.07) is 7.71. The quantitative estimate of drug-likeness (QED) is 0.623. The van der Waals surface area contributed by atoms with E-state index in [0.29, 0.717) is 52.2 Å². The molecule has 2 heterocycles. The summed E-state index contributed by atoms with van der Waals surface area (Å²) in [6.45, 7) is 6.96. The summed E-state index contributed by atoms with van der Waals surface area (Å²) < 4.78 is 18.0. The van der Waals surface area contributed by atoms with E-state index in [1.807, 2.05) is 34.1 Å². The number of methoxy groups -OCH3 is 1. The molecule has 0 unspecified atom stereocenters. The Hall–Kier alpha value is -1.64. The molecule has 0 aromatic heterocycles. The molecule has 1 aromatic carbocycles. The lowest BCUT2D eigenvalue weighted by molar-refractivity contribution is -0.155. The molecule has 0 N–H and O–H groups in total. The lowest BCUT2D eigenvalue weighted by Crippen LogP contribution is -2.55. The number of nitrogens with zero attached hydrogens (tertiary/aromatic N) is 2. The third-order valence-electron chi connectivity index (χ3n) is 5.86. The van der Waals surface area contributed by atoms with Gasteiger partial charge in [0.15, 0.2) is 0 Å². The first kappa shape index (κ1) is 23.0. The van der Waals surface area contributed by atoms with Crippen LogP contribution in [0.25, 0.3) is 0 Å². The topological polar surface area (TPSA) is 68.3 Å². The van der Waals surface area contributed by atoms with Crippen LogP contribution in [0.1, 0.15) is 26.7 Å². The smallest absolute Gasteiger partial charge is 0.254 e. The predicted octanol–water partition coefficient (Wildman–Crippen LogP) is 2.72. The fourth-order valence-electron chi connectivity index (χ4n) is 3.90. The molecule has 2 fully saturated rings. The SMILES string of the molecule is COC(C)(C)C(=O)N1CC[C@H](Oc2cccc(Br)c2)[C@@H](CC(=O)N2CCOCC2)C1. The van der Waals surface area contributed by atoms with E-state index in [-0.39, 0.29) is 23.8 Å². The van der Waals surface area contributed by atoms with Crippen molar-refractivity contribution in [2.45, 2.75) is 38.4 Å². The fourth-order valence-corrected chi connectivity index (χ4v) is 4.27. The molecule has 0 aliphatic carbocycles. The van der Waals surface area contributed by atoms with Crippen LogP contribution in [0, 0.1) is 5.92 Å². The van der Waals surface area contributed by atoms with Gasteiger partial charge >= 0.3 is 0 Å². The van der Waals surface area contributed by atoms with E-state index >= 15 is 0 Å². The second-order valence-electron chi connectivity index (χ2n) is 8.33. The van der Waals surface area contributed by atoms with Gasteiger partial charge in [-0.3, -0.25) is 9.59 Å². The Morgan fingerprint density at radius 1 is 1.20 bits per heavy atom. The molecule has 7 nitrogen and oxygen atoms in total. The number of hydrogen-bond donors (Lipinski definition) is 0. The van der Waals surface area contributed by atoms with E-state index in [9.17, 15) is 9.59 Å². The Kier molecular flexibility index (Phi) is 7.76. The van der Waals surface area contributed by atoms with Crippen LogP contribution in [0.3, 0.4) is 0 Å². The monoisotopic (exact) mass is 482 g/mol. The number of piperidine rings is 1. The Morgan fingerprint density at radius 3 is 2.60 bits per heavy atom. The molecular weight excluding hydrogens is 452 g/mol. The molecule has 0 spiro atoms. The zero-order valence-corrected chi connectivity index (χ0v) is 19.5. The van der Waals surface area contributed by atoms with Crippen molar-refractivity contribution < 1.29 is 23.8 Å². The van der Waals surface area contributed by atoms with Crippen molar-refractivity contribution in [2.24, 2.45) is 5.92 Å². The molecule has 0 radical (unpaired) electrons. The minimum absolute atomic E-state index is 0.0604. The van der Waals surface area contributed by atoms with E-state index in [4.69, 9.17) is 14.2 Å². The summed E-state index contributed by atoms with van der Waals surface area (Å²) in [4.78, 5) is 29.5. The Morgan fingerprint density at radius 2 is 1.93 bits per heavy atom. The molecule has 2 aliphatic heterocycles. The highest BCUT2D eigenvalue weighted by Crippen LogP contribution is 2.29. The third kappa shape index (κ3) is 5.74. The summed E-state index contributed by atoms with van der Waals surface area (Å²) >= 11 is 3.47. The van der Waals surface area contributed by atoms with E-state index in [1.165, 1.54) is 0 Å². The van der Waals surface area contributed by atoms with Gasteiger partial charge in [0.25, 0.3) is 5.91 Å². The van der Waals surface area contributed by atoms with Crippen molar-refractivity contribution in [3.63, 3.8) is 0 Å². The zero-order chi connectivity index (χ0) is 21.7. The predicted molar refractivity (Wildman–Crippen MR) is 116 cm³/mol. The van der Waals surface area contributed by atoms with Gasteiger partial charge in [0.05, 0.1) is 13.2 Å². The zero-order valence-electron chi connectivity index (χ0n) is 17.9. The summed E-state index contributed by atoms with van der Waals surface area (Å²) in [5.74, 6) is 0.695. The van der Waals surface area contributed by atoms with Gasteiger partial charge in [-0.1, -0.05) is 22.0 Å². The molecule has 1 aromatic rings. The first-order valence-corrected chi connectivity index (χ1v) is 11.2. The molecular formula is C22H31BrN2O5. The van der Waals surface area contributed by atoms with Gasteiger partial charge in [0.2, 0.25) is 5.91 Å². The fraction of sp³-hybridized carbons (Fsp3) is 0.636. The van der Waals surface area contributed by atoms with Gasteiger partial charge in [0, 0.05) is 56.5 Å². The van der Waals surface area contributed by atoms with Gasteiger partial charge in [-0.2, -0.15) is 0 Å². The maximum absolute atomic E-state index is 12.9. The van der Waals surface area contributed by atoms with E-state index < -0.39 is 5.60 Å². The van der Waals surface area contributed by atoms with Crippen LogP contribution in [-0.2, 0) is 19.1 Å². The second-order valence-corrected chi connectivity index (χ2v) is 9.24. The average molecular weight is 483 g/mol. The van der Waals surface area contributed by atoms with Gasteiger partial charge in [-0.05, 0) is 32.0 Å². The summed E-state index contributed by atoms with van der Waals surface area (Å²) in [7, 11) is 1.54. The number of amides is 2. The van der Waals surface area contributed by atoms with Gasteiger partial charge in [-0.15, -0.1) is 0 Å². The number of morpholine rings is 1. The van der Waals surface area contributed by atoms with Crippen LogP contribution in [0.5, 0.6) is 5.75 Å². The standard InChI is InChI=1S/C22H31BrN2O5/c1-22(2,28-3)21(27)25-8-7-19(30-18-6-4-5-17(23)14-18)16(15-25)13-20(26)24-9-11-29-12-10-24/h4-6,14,16,19H,7-13,15H2,1-3H3/t16-,19-/m0/s1. The minimum atomic E-state index is -0.892. The molecule has 30 heavy (non-hydrogen) atoms. The average Bonchev–Trinajstić information content (AvgIpc) is 2.75. The highest BCUT2D eigenvalue weighted by atomic mass is 79.9. The molecule has 3 rings (SSSR count). The van der Waals surface area contributed by atoms with Crippen LogP contribution in [-0.4, -0.2) is 79.8 Å². The minimum Gasteiger partial charge on any atom is -0.490 e. The van der Waals surface area contributed by atoms with Crippen LogP contribution in [0.4, 0.5) is 0 Å². The number of ether oxygens (including phenoxy) is 3. The van der Waals surface area contributed by atoms with Crippen LogP contribution >= 0.6 is 15.9 Å². The van der Waals surface area contributed by atoms with Crippen molar-refractivity contribution in [1.82, 2.24) is 9.80 Å². The second kappa shape index (κ2) is 10.1. The largest absolute Gasteiger partial charge is 0.490 e. The maximum atomic E-state index is 12.9. The van der Waals surface area contributed by atoms with Gasteiger partial charge < -0.3 is 24.0 Å². The van der Waals surface area contributed by atoms with Crippen molar-refractivity contribution in [3.05, 3.63) is 28.7 Å². The summed E-state index contributed by atoms with van der Waals surface area (Å²) in [5, 5.41) is 0. The van der Waals surface area contributed by atoms with Crippen LogP contribution in [0.2, 0.25) is 0 Å². The van der Waals surface area contributed by atoms with Crippen molar-refractivity contribution in [1.29, 1.82) is 0 Å². The Labute approximate surface area is 186 Å². The lowest BCUT2D eigenvalue weighted by Gasteiger charge is -2.41. The Bertz CT molecular complexity index is 751. The van der Waals surface area contributed by atoms with Gasteiger partial charge in [0.1, 0.15) is 17.5 Å².